The van der Waals surface area contributed by atoms with Crippen LogP contribution in [0.4, 0.5) is 0 Å². The summed E-state index contributed by atoms with van der Waals surface area (Å²) in [7, 11) is 0. The topological polar surface area (TPSA) is 86.7 Å². The maximum absolute atomic E-state index is 12.6. The van der Waals surface area contributed by atoms with Crippen molar-refractivity contribution >= 4 is 39.5 Å². The van der Waals surface area contributed by atoms with Crippen LogP contribution in [0.25, 0.3) is 33.1 Å². The number of ether oxygens (including phenoxy) is 1. The Morgan fingerprint density at radius 2 is 1.72 bits per heavy atom. The van der Waals surface area contributed by atoms with Crippen molar-refractivity contribution in [3.05, 3.63) is 74.4 Å². The van der Waals surface area contributed by atoms with E-state index in [1.54, 1.807) is 50.2 Å². The van der Waals surface area contributed by atoms with E-state index in [0.717, 1.165) is 0 Å². The smallest absolute Gasteiger partial charge is 0.344 e. The van der Waals surface area contributed by atoms with Gasteiger partial charge in [0.05, 0.1) is 11.5 Å². The fourth-order valence-corrected chi connectivity index (χ4v) is 3.13. The maximum Gasteiger partial charge on any atom is 0.344 e. The highest BCUT2D eigenvalue weighted by Crippen LogP contribution is 2.30. The number of esters is 1. The molecule has 0 atom stereocenters. The van der Waals surface area contributed by atoms with Gasteiger partial charge in [0.25, 0.3) is 0 Å². The summed E-state index contributed by atoms with van der Waals surface area (Å²) in [5.74, 6) is -0.471. The molecule has 2 aromatic heterocycles. The molecule has 2 aromatic carbocycles. The predicted molar refractivity (Wildman–Crippen MR) is 109 cm³/mol. The van der Waals surface area contributed by atoms with Crippen LogP contribution in [0.2, 0.25) is 5.02 Å². The standard InChI is InChI=1S/C22H15ClO6/c1-11(2)21(25)27-14-4-5-15-16(10-20(24)28-19(15)9-14)17-8-12-7-13(23)3-6-18(12)29-22(17)26/h3-11H,1-2H3. The van der Waals surface area contributed by atoms with E-state index < -0.39 is 17.2 Å². The molecular formula is C22H15ClO6. The molecule has 0 aliphatic heterocycles. The monoisotopic (exact) mass is 410 g/mol. The average molecular weight is 411 g/mol. The molecule has 0 radical (unpaired) electrons. The minimum absolute atomic E-state index is 0.187. The van der Waals surface area contributed by atoms with Gasteiger partial charge in [0.2, 0.25) is 0 Å². The molecule has 0 bridgehead atoms. The van der Waals surface area contributed by atoms with E-state index >= 15 is 0 Å². The Labute approximate surface area is 169 Å². The number of rotatable bonds is 3. The molecule has 0 amide bonds. The fourth-order valence-electron chi connectivity index (χ4n) is 2.95. The van der Waals surface area contributed by atoms with E-state index in [1.165, 1.54) is 12.1 Å². The van der Waals surface area contributed by atoms with E-state index in [4.69, 9.17) is 25.2 Å². The first-order valence-corrected chi connectivity index (χ1v) is 9.23. The van der Waals surface area contributed by atoms with Crippen LogP contribution >= 0.6 is 11.6 Å². The molecule has 7 heteroatoms. The molecule has 4 rings (SSSR count). The van der Waals surface area contributed by atoms with Gasteiger partial charge >= 0.3 is 17.2 Å². The molecule has 0 aliphatic carbocycles. The first-order valence-electron chi connectivity index (χ1n) is 8.85. The third kappa shape index (κ3) is 3.67. The normalized spacial score (nSPS) is 11.3. The van der Waals surface area contributed by atoms with Gasteiger partial charge in [-0.2, -0.15) is 0 Å². The van der Waals surface area contributed by atoms with Crippen LogP contribution in [0.1, 0.15) is 13.8 Å². The quantitative estimate of drug-likeness (QED) is 0.274. The van der Waals surface area contributed by atoms with Crippen LogP contribution in [0.15, 0.2) is 67.0 Å². The van der Waals surface area contributed by atoms with Crippen molar-refractivity contribution in [2.75, 3.05) is 0 Å². The van der Waals surface area contributed by atoms with Crippen molar-refractivity contribution in [3.8, 4) is 16.9 Å². The molecule has 0 aliphatic rings. The minimum atomic E-state index is -0.648. The molecule has 0 saturated carbocycles. The second kappa shape index (κ2) is 7.22. The lowest BCUT2D eigenvalue weighted by molar-refractivity contribution is -0.137. The van der Waals surface area contributed by atoms with Gasteiger partial charge in [-0.25, -0.2) is 9.59 Å². The van der Waals surface area contributed by atoms with Gasteiger partial charge in [-0.3, -0.25) is 4.79 Å². The lowest BCUT2D eigenvalue weighted by Gasteiger charge is -2.09. The zero-order valence-electron chi connectivity index (χ0n) is 15.5. The van der Waals surface area contributed by atoms with Gasteiger partial charge in [-0.1, -0.05) is 25.4 Å². The first-order chi connectivity index (χ1) is 13.8. The van der Waals surface area contributed by atoms with E-state index in [-0.39, 0.29) is 22.8 Å². The average Bonchev–Trinajstić information content (AvgIpc) is 2.66. The molecule has 2 heterocycles. The highest BCUT2D eigenvalue weighted by atomic mass is 35.5. The Morgan fingerprint density at radius 1 is 0.931 bits per heavy atom. The molecule has 0 saturated heterocycles. The van der Waals surface area contributed by atoms with Crippen LogP contribution < -0.4 is 16.0 Å². The van der Waals surface area contributed by atoms with Gasteiger partial charge < -0.3 is 13.6 Å². The number of halogens is 1. The number of hydrogen-bond acceptors (Lipinski definition) is 6. The maximum atomic E-state index is 12.6. The van der Waals surface area contributed by atoms with Gasteiger partial charge in [0.1, 0.15) is 16.9 Å². The summed E-state index contributed by atoms with van der Waals surface area (Å²) in [6, 6.07) is 12.4. The number of carbonyl (C=O) groups excluding carboxylic acids is 1. The van der Waals surface area contributed by atoms with Crippen molar-refractivity contribution in [1.82, 2.24) is 0 Å². The van der Waals surface area contributed by atoms with E-state index in [0.29, 0.717) is 26.9 Å². The largest absolute Gasteiger partial charge is 0.426 e. The molecular weight excluding hydrogens is 396 g/mol. The summed E-state index contributed by atoms with van der Waals surface area (Å²) in [5.41, 5.74) is -0.115. The van der Waals surface area contributed by atoms with Gasteiger partial charge in [0.15, 0.2) is 0 Å². The van der Waals surface area contributed by atoms with Crippen molar-refractivity contribution in [2.24, 2.45) is 5.92 Å². The van der Waals surface area contributed by atoms with Crippen LogP contribution in [0.3, 0.4) is 0 Å². The molecule has 4 aromatic rings. The molecule has 0 spiro atoms. The Hall–Kier alpha value is -3.38. The molecule has 0 N–H and O–H groups in total. The van der Waals surface area contributed by atoms with Crippen molar-refractivity contribution < 1.29 is 18.4 Å². The van der Waals surface area contributed by atoms with E-state index in [1.807, 2.05) is 0 Å². The minimum Gasteiger partial charge on any atom is -0.426 e. The van der Waals surface area contributed by atoms with Crippen LogP contribution in [-0.2, 0) is 4.79 Å². The Kier molecular flexibility index (Phi) is 4.72. The Balaban J connectivity index is 1.91. The predicted octanol–water partition coefficient (Wildman–Crippen LogP) is 4.78. The molecule has 6 nitrogen and oxygen atoms in total. The third-order valence-electron chi connectivity index (χ3n) is 4.39. The van der Waals surface area contributed by atoms with Crippen molar-refractivity contribution in [1.29, 1.82) is 0 Å². The summed E-state index contributed by atoms with van der Waals surface area (Å²) in [6.07, 6.45) is 0. The first kappa shape index (κ1) is 19.0. The van der Waals surface area contributed by atoms with Crippen molar-refractivity contribution in [2.45, 2.75) is 13.8 Å². The van der Waals surface area contributed by atoms with Crippen LogP contribution in [0.5, 0.6) is 5.75 Å². The molecule has 29 heavy (non-hydrogen) atoms. The van der Waals surface area contributed by atoms with Crippen LogP contribution in [0, 0.1) is 5.92 Å². The second-order valence-electron chi connectivity index (χ2n) is 6.84. The van der Waals surface area contributed by atoms with Crippen molar-refractivity contribution in [3.63, 3.8) is 0 Å². The summed E-state index contributed by atoms with van der Waals surface area (Å²) < 4.78 is 15.9. The summed E-state index contributed by atoms with van der Waals surface area (Å²) >= 11 is 6.03. The SMILES string of the molecule is CC(C)C(=O)Oc1ccc2c(-c3cc4cc(Cl)ccc4oc3=O)cc(=O)oc2c1. The zero-order chi connectivity index (χ0) is 20.7. The van der Waals surface area contributed by atoms with Gasteiger partial charge in [-0.15, -0.1) is 0 Å². The Bertz CT molecular complexity index is 1380. The number of hydrogen-bond donors (Lipinski definition) is 0. The molecule has 0 unspecified atom stereocenters. The second-order valence-corrected chi connectivity index (χ2v) is 7.28. The Morgan fingerprint density at radius 3 is 2.48 bits per heavy atom. The number of fused-ring (bicyclic) bond motifs is 2. The zero-order valence-corrected chi connectivity index (χ0v) is 16.3. The van der Waals surface area contributed by atoms with Gasteiger partial charge in [-0.05, 0) is 36.4 Å². The van der Waals surface area contributed by atoms with E-state index in [9.17, 15) is 14.4 Å². The highest BCUT2D eigenvalue weighted by molar-refractivity contribution is 6.31. The fraction of sp³-hybridized carbons (Fsp3) is 0.136. The number of carbonyl (C=O) groups is 1. The molecule has 146 valence electrons. The summed E-state index contributed by atoms with van der Waals surface area (Å²) in [4.78, 5) is 36.5. The van der Waals surface area contributed by atoms with E-state index in [2.05, 4.69) is 0 Å². The van der Waals surface area contributed by atoms with Gasteiger partial charge in [0, 0.05) is 33.5 Å². The summed E-state index contributed by atoms with van der Waals surface area (Å²) in [6.45, 7) is 3.43. The van der Waals surface area contributed by atoms with Crippen LogP contribution in [-0.4, -0.2) is 5.97 Å². The number of benzene rings is 2. The lowest BCUT2D eigenvalue weighted by atomic mass is 10.0. The molecule has 0 fully saturated rings. The highest BCUT2D eigenvalue weighted by Gasteiger charge is 2.16. The third-order valence-corrected chi connectivity index (χ3v) is 4.63. The summed E-state index contributed by atoms with van der Waals surface area (Å²) in [5, 5.41) is 1.62. The lowest BCUT2D eigenvalue weighted by Crippen LogP contribution is -2.14.